The summed E-state index contributed by atoms with van der Waals surface area (Å²) in [4.78, 5) is 6.82. The number of hydrogen-bond donors (Lipinski definition) is 1. The van der Waals surface area contributed by atoms with Crippen molar-refractivity contribution in [2.45, 2.75) is 25.8 Å². The molecule has 1 saturated heterocycles. The van der Waals surface area contributed by atoms with Gasteiger partial charge in [-0.1, -0.05) is 0 Å². The molecule has 0 radical (unpaired) electrons. The van der Waals surface area contributed by atoms with Crippen LogP contribution in [0, 0.1) is 0 Å². The van der Waals surface area contributed by atoms with Crippen LogP contribution in [0.3, 0.4) is 0 Å². The van der Waals surface area contributed by atoms with Crippen molar-refractivity contribution in [3.63, 3.8) is 0 Å². The molecule has 0 spiro atoms. The van der Waals surface area contributed by atoms with Crippen LogP contribution in [-0.4, -0.2) is 29.1 Å². The number of hydrogen-bond acceptors (Lipinski definition) is 4. The number of nitrogen functional groups attached to an aromatic ring is 1. The first-order valence-electron chi connectivity index (χ1n) is 5.87. The molecular weight excluding hydrogens is 218 g/mol. The molecule has 0 saturated carbocycles. The van der Waals surface area contributed by atoms with Crippen molar-refractivity contribution in [2.24, 2.45) is 0 Å². The third-order valence-corrected chi connectivity index (χ3v) is 4.09. The molecule has 16 heavy (non-hydrogen) atoms. The van der Waals surface area contributed by atoms with Gasteiger partial charge in [0.2, 0.25) is 0 Å². The molecule has 1 aliphatic rings. The molecule has 0 amide bonds. The van der Waals surface area contributed by atoms with Crippen LogP contribution in [0.25, 0.3) is 0 Å². The third-order valence-electron chi connectivity index (χ3n) is 3.04. The van der Waals surface area contributed by atoms with E-state index in [0.29, 0.717) is 6.04 Å². The monoisotopic (exact) mass is 237 g/mol. The van der Waals surface area contributed by atoms with Crippen LogP contribution < -0.4 is 10.6 Å². The van der Waals surface area contributed by atoms with Crippen LogP contribution in [-0.2, 0) is 0 Å². The van der Waals surface area contributed by atoms with E-state index in [4.69, 9.17) is 5.73 Å². The van der Waals surface area contributed by atoms with E-state index < -0.39 is 0 Å². The number of pyridine rings is 1. The number of nitrogens with two attached hydrogens (primary N) is 1. The number of thioether (sulfide) groups is 1. The Labute approximate surface area is 101 Å². The van der Waals surface area contributed by atoms with E-state index >= 15 is 0 Å². The fraction of sp³-hybridized carbons (Fsp3) is 0.583. The molecule has 0 aliphatic carbocycles. The zero-order valence-corrected chi connectivity index (χ0v) is 10.5. The second-order valence-corrected chi connectivity index (χ2v) is 5.30. The molecule has 2 heterocycles. The van der Waals surface area contributed by atoms with Gasteiger partial charge in [0.25, 0.3) is 0 Å². The lowest BCUT2D eigenvalue weighted by Gasteiger charge is -2.34. The van der Waals surface area contributed by atoms with Crippen molar-refractivity contribution in [3.05, 3.63) is 18.3 Å². The van der Waals surface area contributed by atoms with Gasteiger partial charge in [-0.05, 0) is 43.4 Å². The Kier molecular flexibility index (Phi) is 3.93. The Morgan fingerprint density at radius 3 is 2.75 bits per heavy atom. The summed E-state index contributed by atoms with van der Waals surface area (Å²) in [6, 6.07) is 4.62. The van der Waals surface area contributed by atoms with Gasteiger partial charge in [0.05, 0.1) is 11.9 Å². The lowest BCUT2D eigenvalue weighted by atomic mass is 10.1. The summed E-state index contributed by atoms with van der Waals surface area (Å²) in [5.74, 6) is 3.61. The summed E-state index contributed by atoms with van der Waals surface area (Å²) in [5.41, 5.74) is 6.40. The van der Waals surface area contributed by atoms with Crippen LogP contribution in [0.4, 0.5) is 11.5 Å². The topological polar surface area (TPSA) is 42.1 Å². The minimum Gasteiger partial charge on any atom is -0.397 e. The Bertz CT molecular complexity index is 320. The maximum absolute atomic E-state index is 5.66. The van der Waals surface area contributed by atoms with Gasteiger partial charge in [-0.25, -0.2) is 4.98 Å². The largest absolute Gasteiger partial charge is 0.397 e. The predicted molar refractivity (Wildman–Crippen MR) is 72.0 cm³/mol. The lowest BCUT2D eigenvalue weighted by molar-refractivity contribution is 0.559. The van der Waals surface area contributed by atoms with E-state index in [1.54, 1.807) is 6.20 Å². The highest BCUT2D eigenvalue weighted by Gasteiger charge is 2.20. The van der Waals surface area contributed by atoms with E-state index in [9.17, 15) is 0 Å². The van der Waals surface area contributed by atoms with Crippen LogP contribution in [0.2, 0.25) is 0 Å². The molecule has 0 atom stereocenters. The maximum atomic E-state index is 5.66. The fourth-order valence-corrected chi connectivity index (χ4v) is 3.25. The lowest BCUT2D eigenvalue weighted by Crippen LogP contribution is -2.38. The van der Waals surface area contributed by atoms with Crippen molar-refractivity contribution in [1.82, 2.24) is 4.98 Å². The third kappa shape index (κ3) is 2.61. The Hall–Kier alpha value is -0.900. The molecule has 1 aromatic rings. The SMILES string of the molecule is CCN(c1ccc(N)cn1)C1CCSCC1. The second kappa shape index (κ2) is 5.43. The van der Waals surface area contributed by atoms with Crippen molar-refractivity contribution in [2.75, 3.05) is 28.7 Å². The first kappa shape index (κ1) is 11.6. The summed E-state index contributed by atoms with van der Waals surface area (Å²) in [7, 11) is 0. The molecule has 1 aliphatic heterocycles. The molecule has 0 unspecified atom stereocenters. The standard InChI is InChI=1S/C12H19N3S/c1-2-15(11-5-7-16-8-6-11)12-4-3-10(13)9-14-12/h3-4,9,11H,2,5-8,13H2,1H3. The zero-order chi connectivity index (χ0) is 11.4. The Morgan fingerprint density at radius 1 is 1.44 bits per heavy atom. The average molecular weight is 237 g/mol. The summed E-state index contributed by atoms with van der Waals surface area (Å²) in [6.07, 6.45) is 4.28. The molecule has 1 fully saturated rings. The summed E-state index contributed by atoms with van der Waals surface area (Å²) >= 11 is 2.06. The molecule has 0 bridgehead atoms. The van der Waals surface area contributed by atoms with E-state index in [1.165, 1.54) is 24.3 Å². The van der Waals surface area contributed by atoms with E-state index in [0.717, 1.165) is 18.1 Å². The van der Waals surface area contributed by atoms with E-state index in [1.807, 2.05) is 12.1 Å². The maximum Gasteiger partial charge on any atom is 0.128 e. The summed E-state index contributed by atoms with van der Waals surface area (Å²) < 4.78 is 0. The highest BCUT2D eigenvalue weighted by atomic mass is 32.2. The smallest absolute Gasteiger partial charge is 0.128 e. The number of rotatable bonds is 3. The molecule has 0 aromatic carbocycles. The van der Waals surface area contributed by atoms with Crippen molar-refractivity contribution in [3.8, 4) is 0 Å². The molecular formula is C12H19N3S. The summed E-state index contributed by atoms with van der Waals surface area (Å²) in [6.45, 7) is 3.21. The summed E-state index contributed by atoms with van der Waals surface area (Å²) in [5, 5.41) is 0. The molecule has 4 heteroatoms. The van der Waals surface area contributed by atoms with Crippen molar-refractivity contribution >= 4 is 23.3 Å². The molecule has 3 nitrogen and oxygen atoms in total. The number of nitrogens with zero attached hydrogens (tertiary/aromatic N) is 2. The van der Waals surface area contributed by atoms with Crippen molar-refractivity contribution in [1.29, 1.82) is 0 Å². The highest BCUT2D eigenvalue weighted by Crippen LogP contribution is 2.25. The highest BCUT2D eigenvalue weighted by molar-refractivity contribution is 7.99. The predicted octanol–water partition coefficient (Wildman–Crippen LogP) is 2.39. The van der Waals surface area contributed by atoms with E-state index in [2.05, 4.69) is 28.6 Å². The normalized spacial score (nSPS) is 17.3. The fourth-order valence-electron chi connectivity index (χ4n) is 2.17. The molecule has 2 rings (SSSR count). The molecule has 2 N–H and O–H groups in total. The minimum atomic E-state index is 0.655. The molecule has 1 aromatic heterocycles. The van der Waals surface area contributed by atoms with Crippen LogP contribution in [0.5, 0.6) is 0 Å². The second-order valence-electron chi connectivity index (χ2n) is 4.08. The van der Waals surface area contributed by atoms with Gasteiger partial charge >= 0.3 is 0 Å². The van der Waals surface area contributed by atoms with Gasteiger partial charge in [-0.15, -0.1) is 0 Å². The first-order chi connectivity index (χ1) is 7.81. The van der Waals surface area contributed by atoms with Gasteiger partial charge in [-0.2, -0.15) is 11.8 Å². The van der Waals surface area contributed by atoms with Gasteiger partial charge in [0.15, 0.2) is 0 Å². The Morgan fingerprint density at radius 2 is 2.19 bits per heavy atom. The quantitative estimate of drug-likeness (QED) is 0.876. The average Bonchev–Trinajstić information content (AvgIpc) is 2.34. The van der Waals surface area contributed by atoms with Gasteiger partial charge in [-0.3, -0.25) is 0 Å². The van der Waals surface area contributed by atoms with Gasteiger partial charge in [0.1, 0.15) is 5.82 Å². The number of anilines is 2. The van der Waals surface area contributed by atoms with Crippen LogP contribution >= 0.6 is 11.8 Å². The van der Waals surface area contributed by atoms with Gasteiger partial charge < -0.3 is 10.6 Å². The Balaban J connectivity index is 2.11. The minimum absolute atomic E-state index is 0.655. The van der Waals surface area contributed by atoms with Gasteiger partial charge in [0, 0.05) is 12.6 Å². The molecule has 88 valence electrons. The number of aromatic nitrogens is 1. The first-order valence-corrected chi connectivity index (χ1v) is 7.02. The van der Waals surface area contributed by atoms with E-state index in [-0.39, 0.29) is 0 Å². The zero-order valence-electron chi connectivity index (χ0n) is 9.72. The van der Waals surface area contributed by atoms with Crippen molar-refractivity contribution < 1.29 is 0 Å². The van der Waals surface area contributed by atoms with Crippen LogP contribution in [0.1, 0.15) is 19.8 Å². The van der Waals surface area contributed by atoms with Crippen LogP contribution in [0.15, 0.2) is 18.3 Å².